The van der Waals surface area contributed by atoms with Gasteiger partial charge in [0.15, 0.2) is 7.05 Å². The molecule has 0 aromatic rings. The SMILES string of the molecule is CC(=O)CC(C)(C)O.C[N+](=O)[O-]. The minimum atomic E-state index is -0.828. The lowest BCUT2D eigenvalue weighted by Gasteiger charge is -2.13. The van der Waals surface area contributed by atoms with Crippen molar-refractivity contribution in [3.8, 4) is 0 Å². The van der Waals surface area contributed by atoms with Crippen LogP contribution in [-0.2, 0) is 4.79 Å². The van der Waals surface area contributed by atoms with Crippen LogP contribution in [0.25, 0.3) is 0 Å². The molecule has 0 spiro atoms. The van der Waals surface area contributed by atoms with Crippen LogP contribution < -0.4 is 0 Å². The Labute approximate surface area is 71.5 Å². The van der Waals surface area contributed by atoms with Gasteiger partial charge in [-0.3, -0.25) is 14.9 Å². The second-order valence-corrected chi connectivity index (χ2v) is 3.13. The second kappa shape index (κ2) is 5.65. The first-order valence-corrected chi connectivity index (χ1v) is 3.45. The van der Waals surface area contributed by atoms with Crippen LogP contribution in [0.4, 0.5) is 0 Å². The van der Waals surface area contributed by atoms with Crippen LogP contribution >= 0.6 is 0 Å². The van der Waals surface area contributed by atoms with E-state index in [1.165, 1.54) is 6.92 Å². The van der Waals surface area contributed by atoms with Crippen molar-refractivity contribution in [3.05, 3.63) is 10.1 Å². The summed E-state index contributed by atoms with van der Waals surface area (Å²) >= 11 is 0. The minimum absolute atomic E-state index is 0.0255. The van der Waals surface area contributed by atoms with Crippen molar-refractivity contribution < 1.29 is 14.8 Å². The lowest BCUT2D eigenvalue weighted by atomic mass is 10.0. The molecule has 0 fully saturated rings. The van der Waals surface area contributed by atoms with E-state index >= 15 is 0 Å². The Bertz CT molecular complexity index is 155. The number of carbonyl (C=O) groups excluding carboxylic acids is 1. The molecule has 1 N–H and O–H groups in total. The lowest BCUT2D eigenvalue weighted by Crippen LogP contribution is -2.21. The molecule has 0 radical (unpaired) electrons. The normalized spacial score (nSPS) is 9.75. The molecule has 0 heterocycles. The average Bonchev–Trinajstić information content (AvgIpc) is 1.52. The van der Waals surface area contributed by atoms with Gasteiger partial charge in [-0.25, -0.2) is 0 Å². The molecular formula is C7H15NO4. The van der Waals surface area contributed by atoms with Crippen LogP contribution in [0.3, 0.4) is 0 Å². The van der Waals surface area contributed by atoms with Crippen molar-refractivity contribution >= 4 is 5.78 Å². The summed E-state index contributed by atoms with van der Waals surface area (Å²) in [4.78, 5) is 18.6. The van der Waals surface area contributed by atoms with E-state index < -0.39 is 10.5 Å². The van der Waals surface area contributed by atoms with Crippen molar-refractivity contribution in [2.75, 3.05) is 7.05 Å². The third-order valence-electron chi connectivity index (χ3n) is 0.682. The topological polar surface area (TPSA) is 80.4 Å². The number of Topliss-reactive ketones (excluding diaryl/α,β-unsaturated/α-hetero) is 1. The molecule has 72 valence electrons. The molecule has 0 aliphatic rings. The van der Waals surface area contributed by atoms with E-state index in [2.05, 4.69) is 0 Å². The number of ketones is 1. The Balaban J connectivity index is 0. The second-order valence-electron chi connectivity index (χ2n) is 3.13. The van der Waals surface area contributed by atoms with Gasteiger partial charge in [0.25, 0.3) is 0 Å². The zero-order chi connectivity index (χ0) is 10.4. The highest BCUT2D eigenvalue weighted by molar-refractivity contribution is 5.76. The molecule has 0 rings (SSSR count). The molecular weight excluding hydrogens is 162 g/mol. The molecule has 0 saturated carbocycles. The molecule has 0 aromatic heterocycles. The van der Waals surface area contributed by atoms with Crippen LogP contribution in [0.15, 0.2) is 0 Å². The molecule has 0 saturated heterocycles. The summed E-state index contributed by atoms with van der Waals surface area (Å²) in [6, 6.07) is 0. The number of nitro groups is 1. The zero-order valence-electron chi connectivity index (χ0n) is 7.83. The van der Waals surface area contributed by atoms with Crippen LogP contribution in [0.2, 0.25) is 0 Å². The van der Waals surface area contributed by atoms with Gasteiger partial charge < -0.3 is 5.11 Å². The number of hydrogen-bond donors (Lipinski definition) is 1. The molecule has 0 aliphatic carbocycles. The fourth-order valence-electron chi connectivity index (χ4n) is 0.609. The average molecular weight is 177 g/mol. The highest BCUT2D eigenvalue weighted by Gasteiger charge is 2.13. The van der Waals surface area contributed by atoms with Gasteiger partial charge in [-0.1, -0.05) is 0 Å². The van der Waals surface area contributed by atoms with Crippen molar-refractivity contribution in [2.24, 2.45) is 0 Å². The molecule has 0 unspecified atom stereocenters. The number of rotatable bonds is 2. The van der Waals surface area contributed by atoms with E-state index in [4.69, 9.17) is 15.2 Å². The van der Waals surface area contributed by atoms with E-state index in [1.807, 2.05) is 0 Å². The summed E-state index contributed by atoms with van der Waals surface area (Å²) in [5, 5.41) is 17.8. The Hall–Kier alpha value is -0.970. The van der Waals surface area contributed by atoms with Crippen molar-refractivity contribution in [2.45, 2.75) is 32.8 Å². The predicted octanol–water partition coefficient (Wildman–Crippen LogP) is 0.629. The Kier molecular flexibility index (Phi) is 6.41. The van der Waals surface area contributed by atoms with Crippen LogP contribution in [0.5, 0.6) is 0 Å². The van der Waals surface area contributed by atoms with Gasteiger partial charge in [-0.15, -0.1) is 0 Å². The summed E-state index contributed by atoms with van der Waals surface area (Å²) in [5.74, 6) is 0.0255. The van der Waals surface area contributed by atoms with Gasteiger partial charge in [0.2, 0.25) is 0 Å². The maximum atomic E-state index is 10.3. The van der Waals surface area contributed by atoms with E-state index in [-0.39, 0.29) is 12.2 Å². The predicted molar refractivity (Wildman–Crippen MR) is 44.5 cm³/mol. The van der Waals surface area contributed by atoms with E-state index in [0.717, 1.165) is 7.05 Å². The fraction of sp³-hybridized carbons (Fsp3) is 0.857. The zero-order valence-corrected chi connectivity index (χ0v) is 7.83. The Morgan fingerprint density at radius 2 is 1.83 bits per heavy atom. The lowest BCUT2D eigenvalue weighted by molar-refractivity contribution is -0.445. The first-order valence-electron chi connectivity index (χ1n) is 3.45. The summed E-state index contributed by atoms with van der Waals surface area (Å²) < 4.78 is 0. The van der Waals surface area contributed by atoms with Crippen molar-refractivity contribution in [1.29, 1.82) is 0 Å². The molecule has 5 nitrogen and oxygen atoms in total. The minimum Gasteiger partial charge on any atom is -0.390 e. The maximum absolute atomic E-state index is 10.3. The monoisotopic (exact) mass is 177 g/mol. The van der Waals surface area contributed by atoms with Gasteiger partial charge in [-0.05, 0) is 20.8 Å². The van der Waals surface area contributed by atoms with Crippen LogP contribution in [0, 0.1) is 10.1 Å². The smallest absolute Gasteiger partial charge is 0.194 e. The highest BCUT2D eigenvalue weighted by Crippen LogP contribution is 2.06. The quantitative estimate of drug-likeness (QED) is 0.495. The molecule has 0 aliphatic heterocycles. The van der Waals surface area contributed by atoms with Gasteiger partial charge in [-0.2, -0.15) is 0 Å². The first-order chi connectivity index (χ1) is 5.15. The number of carbonyl (C=O) groups is 1. The summed E-state index contributed by atoms with van der Waals surface area (Å²) in [5.41, 5.74) is -0.828. The third-order valence-corrected chi connectivity index (χ3v) is 0.682. The summed E-state index contributed by atoms with van der Waals surface area (Å²) in [6.07, 6.45) is 0.243. The maximum Gasteiger partial charge on any atom is 0.194 e. The third kappa shape index (κ3) is 35.9. The van der Waals surface area contributed by atoms with Gasteiger partial charge in [0.1, 0.15) is 5.78 Å². The Morgan fingerprint density at radius 3 is 1.83 bits per heavy atom. The molecule has 0 amide bonds. The van der Waals surface area contributed by atoms with Crippen LogP contribution in [-0.4, -0.2) is 28.5 Å². The summed E-state index contributed by atoms with van der Waals surface area (Å²) in [7, 11) is 0.889. The molecule has 0 atom stereocenters. The molecule has 0 bridgehead atoms. The summed E-state index contributed by atoms with van der Waals surface area (Å²) in [6.45, 7) is 4.71. The van der Waals surface area contributed by atoms with Gasteiger partial charge >= 0.3 is 0 Å². The van der Waals surface area contributed by atoms with E-state index in [1.54, 1.807) is 13.8 Å². The molecule has 5 heteroatoms. The number of hydrogen-bond acceptors (Lipinski definition) is 4. The Morgan fingerprint density at radius 1 is 1.58 bits per heavy atom. The van der Waals surface area contributed by atoms with Gasteiger partial charge in [0.05, 0.1) is 5.60 Å². The molecule has 12 heavy (non-hydrogen) atoms. The van der Waals surface area contributed by atoms with Gasteiger partial charge in [0, 0.05) is 11.3 Å². The standard InChI is InChI=1S/C6H12O2.CH3NO2/c1-5(7)4-6(2,3)8;1-2(3)4/h8H,4H2,1-3H3;1H3. The van der Waals surface area contributed by atoms with Crippen LogP contribution in [0.1, 0.15) is 27.2 Å². The number of aliphatic hydroxyl groups is 1. The van der Waals surface area contributed by atoms with Crippen molar-refractivity contribution in [3.63, 3.8) is 0 Å². The van der Waals surface area contributed by atoms with Crippen molar-refractivity contribution in [1.82, 2.24) is 0 Å². The molecule has 0 aromatic carbocycles. The highest BCUT2D eigenvalue weighted by atomic mass is 16.6. The van der Waals surface area contributed by atoms with E-state index in [0.29, 0.717) is 0 Å². The van der Waals surface area contributed by atoms with E-state index in [9.17, 15) is 4.79 Å². The first kappa shape index (κ1) is 13.6. The number of nitrogens with zero attached hydrogens (tertiary/aromatic N) is 1. The largest absolute Gasteiger partial charge is 0.390 e. The fourth-order valence-corrected chi connectivity index (χ4v) is 0.609.